The first-order valence-corrected chi connectivity index (χ1v) is 11.3. The van der Waals surface area contributed by atoms with Crippen molar-refractivity contribution in [1.29, 1.82) is 0 Å². The Balaban J connectivity index is 2.21. The van der Waals surface area contributed by atoms with Gasteiger partial charge in [-0.05, 0) is 24.0 Å². The molecular formula is C23H31N5O5S. The van der Waals surface area contributed by atoms with Crippen molar-refractivity contribution in [2.24, 2.45) is 11.7 Å². The molecule has 184 valence electrons. The standard InChI is InChI=1S/C23H31N5O5S/c1-12(2)8-18(22(32)27-17(21(24)34)10-20(30)31)28-23(33)19(26-13(3)29)9-14-11-25-16-7-5-4-6-15(14)16/h4-7,11-12,17-19,25H,8-10H2,1-3H3,(H2,24,34)(H,26,29)(H,27,32)(H,28,33)(H,30,31)/t17-,18-,19-/m0/s1. The van der Waals surface area contributed by atoms with Gasteiger partial charge in [-0.1, -0.05) is 44.3 Å². The van der Waals surface area contributed by atoms with Crippen molar-refractivity contribution in [2.75, 3.05) is 0 Å². The van der Waals surface area contributed by atoms with Crippen LogP contribution in [0.15, 0.2) is 30.5 Å². The van der Waals surface area contributed by atoms with Crippen LogP contribution in [0.5, 0.6) is 0 Å². The second-order valence-electron chi connectivity index (χ2n) is 8.57. The molecule has 0 saturated carbocycles. The number of aliphatic carboxylic acids is 1. The van der Waals surface area contributed by atoms with Crippen LogP contribution in [0.25, 0.3) is 10.9 Å². The fraction of sp³-hybridized carbons (Fsp3) is 0.435. The van der Waals surface area contributed by atoms with Crippen molar-refractivity contribution >= 4 is 51.8 Å². The Kier molecular flexibility index (Phi) is 9.55. The number of H-pyrrole nitrogens is 1. The normalized spacial score (nSPS) is 13.6. The van der Waals surface area contributed by atoms with Gasteiger partial charge >= 0.3 is 5.97 Å². The summed E-state index contributed by atoms with van der Waals surface area (Å²) < 4.78 is 0. The monoisotopic (exact) mass is 489 g/mol. The zero-order chi connectivity index (χ0) is 25.4. The van der Waals surface area contributed by atoms with Crippen LogP contribution in [0.2, 0.25) is 0 Å². The van der Waals surface area contributed by atoms with Gasteiger partial charge in [0.05, 0.1) is 17.5 Å². The number of para-hydroxylation sites is 1. The Hall–Kier alpha value is -3.47. The summed E-state index contributed by atoms with van der Waals surface area (Å²) in [7, 11) is 0. The maximum Gasteiger partial charge on any atom is 0.305 e. The highest BCUT2D eigenvalue weighted by Gasteiger charge is 2.29. The summed E-state index contributed by atoms with van der Waals surface area (Å²) in [6.07, 6.45) is 1.80. The Bertz CT molecular complexity index is 1070. The number of nitrogens with one attached hydrogen (secondary N) is 4. The van der Waals surface area contributed by atoms with Crippen LogP contribution in [0.4, 0.5) is 0 Å². The van der Waals surface area contributed by atoms with E-state index >= 15 is 0 Å². The Morgan fingerprint density at radius 2 is 1.65 bits per heavy atom. The van der Waals surface area contributed by atoms with Gasteiger partial charge in [0, 0.05) is 30.4 Å². The molecule has 0 aliphatic heterocycles. The molecule has 0 aliphatic rings. The van der Waals surface area contributed by atoms with Crippen molar-refractivity contribution in [1.82, 2.24) is 20.9 Å². The van der Waals surface area contributed by atoms with Crippen molar-refractivity contribution in [3.8, 4) is 0 Å². The summed E-state index contributed by atoms with van der Waals surface area (Å²) in [4.78, 5) is 52.0. The maximum atomic E-state index is 13.2. The third-order valence-electron chi connectivity index (χ3n) is 5.17. The van der Waals surface area contributed by atoms with E-state index in [2.05, 4.69) is 20.9 Å². The molecule has 0 spiro atoms. The Morgan fingerprint density at radius 3 is 2.24 bits per heavy atom. The molecule has 2 rings (SSSR count). The lowest BCUT2D eigenvalue weighted by Gasteiger charge is -2.25. The molecule has 10 nitrogen and oxygen atoms in total. The molecule has 3 amide bonds. The molecule has 7 N–H and O–H groups in total. The summed E-state index contributed by atoms with van der Waals surface area (Å²) in [6, 6.07) is 4.64. The topological polar surface area (TPSA) is 166 Å². The molecule has 0 unspecified atom stereocenters. The van der Waals surface area contributed by atoms with E-state index in [0.29, 0.717) is 0 Å². The van der Waals surface area contributed by atoms with E-state index < -0.39 is 42.3 Å². The molecule has 2 aromatic rings. The molecule has 1 aromatic heterocycles. The van der Waals surface area contributed by atoms with E-state index in [-0.39, 0.29) is 29.7 Å². The number of aromatic amines is 1. The highest BCUT2D eigenvalue weighted by Crippen LogP contribution is 2.19. The number of nitrogens with two attached hydrogens (primary N) is 1. The van der Waals surface area contributed by atoms with Crippen LogP contribution in [-0.2, 0) is 25.6 Å². The summed E-state index contributed by atoms with van der Waals surface area (Å²) >= 11 is 4.87. The number of carbonyl (C=O) groups is 4. The number of hydrogen-bond donors (Lipinski definition) is 6. The highest BCUT2D eigenvalue weighted by atomic mass is 32.1. The number of hydrogen-bond acceptors (Lipinski definition) is 5. The molecule has 0 fully saturated rings. The molecule has 1 heterocycles. The number of carboxylic acid groups (broad SMARTS) is 1. The average molecular weight is 490 g/mol. The number of thiocarbonyl (C=S) groups is 1. The zero-order valence-corrected chi connectivity index (χ0v) is 20.2. The second-order valence-corrected chi connectivity index (χ2v) is 9.04. The smallest absolute Gasteiger partial charge is 0.305 e. The summed E-state index contributed by atoms with van der Waals surface area (Å²) in [5, 5.41) is 17.8. The van der Waals surface area contributed by atoms with E-state index in [1.165, 1.54) is 6.92 Å². The number of aromatic nitrogens is 1. The highest BCUT2D eigenvalue weighted by molar-refractivity contribution is 7.80. The summed E-state index contributed by atoms with van der Waals surface area (Å²) in [5.74, 6) is -2.67. The number of amides is 3. The Labute approximate surface area is 203 Å². The molecule has 11 heteroatoms. The van der Waals surface area contributed by atoms with Gasteiger partial charge in [-0.2, -0.15) is 0 Å². The van der Waals surface area contributed by atoms with Crippen LogP contribution in [0.1, 0.15) is 39.2 Å². The van der Waals surface area contributed by atoms with Crippen LogP contribution in [0, 0.1) is 5.92 Å². The third-order valence-corrected chi connectivity index (χ3v) is 5.46. The van der Waals surface area contributed by atoms with Gasteiger partial charge in [0.15, 0.2) is 0 Å². The maximum absolute atomic E-state index is 13.2. The van der Waals surface area contributed by atoms with E-state index in [1.54, 1.807) is 6.20 Å². The van der Waals surface area contributed by atoms with Gasteiger partial charge in [0.25, 0.3) is 0 Å². The van der Waals surface area contributed by atoms with E-state index in [0.717, 1.165) is 16.5 Å². The van der Waals surface area contributed by atoms with Gasteiger partial charge in [0.2, 0.25) is 17.7 Å². The first-order valence-electron chi connectivity index (χ1n) is 10.9. The van der Waals surface area contributed by atoms with Crippen LogP contribution in [0.3, 0.4) is 0 Å². The van der Waals surface area contributed by atoms with E-state index in [9.17, 15) is 19.2 Å². The number of carbonyl (C=O) groups excluding carboxylic acids is 3. The van der Waals surface area contributed by atoms with Gasteiger partial charge in [-0.15, -0.1) is 0 Å². The minimum absolute atomic E-state index is 0.0339. The molecule has 0 radical (unpaired) electrons. The summed E-state index contributed by atoms with van der Waals surface area (Å²) in [6.45, 7) is 5.07. The van der Waals surface area contributed by atoms with Crippen molar-refractivity contribution in [3.05, 3.63) is 36.0 Å². The van der Waals surface area contributed by atoms with E-state index in [1.807, 2.05) is 38.1 Å². The van der Waals surface area contributed by atoms with Crippen LogP contribution < -0.4 is 21.7 Å². The second kappa shape index (κ2) is 12.1. The Morgan fingerprint density at radius 1 is 1.03 bits per heavy atom. The third kappa shape index (κ3) is 7.84. The van der Waals surface area contributed by atoms with Crippen molar-refractivity contribution in [3.63, 3.8) is 0 Å². The average Bonchev–Trinajstić information content (AvgIpc) is 3.14. The van der Waals surface area contributed by atoms with Gasteiger partial charge in [0.1, 0.15) is 12.1 Å². The molecule has 0 bridgehead atoms. The number of benzene rings is 1. The summed E-state index contributed by atoms with van der Waals surface area (Å²) in [5.41, 5.74) is 7.31. The predicted octanol–water partition coefficient (Wildman–Crippen LogP) is 0.992. The van der Waals surface area contributed by atoms with Crippen molar-refractivity contribution in [2.45, 2.75) is 58.2 Å². The first-order chi connectivity index (χ1) is 16.0. The molecule has 34 heavy (non-hydrogen) atoms. The number of carboxylic acids is 1. The van der Waals surface area contributed by atoms with Gasteiger partial charge in [-0.3, -0.25) is 19.2 Å². The lowest BCUT2D eigenvalue weighted by Crippen LogP contribution is -2.57. The molecule has 1 aromatic carbocycles. The lowest BCUT2D eigenvalue weighted by atomic mass is 10.0. The SMILES string of the molecule is CC(=O)N[C@@H](Cc1c[nH]c2ccccc12)C(=O)N[C@@H](CC(C)C)C(=O)N[C@@H](CC(=O)O)C(N)=S. The van der Waals surface area contributed by atoms with E-state index in [4.69, 9.17) is 23.1 Å². The predicted molar refractivity (Wildman–Crippen MR) is 132 cm³/mol. The van der Waals surface area contributed by atoms with Gasteiger partial charge in [-0.25, -0.2) is 0 Å². The first kappa shape index (κ1) is 26.8. The van der Waals surface area contributed by atoms with Crippen LogP contribution >= 0.6 is 12.2 Å². The van der Waals surface area contributed by atoms with Crippen LogP contribution in [-0.4, -0.2) is 56.9 Å². The van der Waals surface area contributed by atoms with Crippen molar-refractivity contribution < 1.29 is 24.3 Å². The number of fused-ring (bicyclic) bond motifs is 1. The fourth-order valence-corrected chi connectivity index (χ4v) is 3.76. The molecule has 0 saturated heterocycles. The fourth-order valence-electron chi connectivity index (χ4n) is 3.62. The quantitative estimate of drug-likeness (QED) is 0.242. The minimum Gasteiger partial charge on any atom is -0.481 e. The number of rotatable bonds is 12. The zero-order valence-electron chi connectivity index (χ0n) is 19.4. The molecular weight excluding hydrogens is 458 g/mol. The van der Waals surface area contributed by atoms with Gasteiger partial charge < -0.3 is 31.8 Å². The minimum atomic E-state index is -1.17. The lowest BCUT2D eigenvalue weighted by molar-refractivity contribution is -0.137. The largest absolute Gasteiger partial charge is 0.481 e. The molecule has 0 aliphatic carbocycles. The molecule has 3 atom stereocenters.